The molecule has 2 aliphatic rings. The van der Waals surface area contributed by atoms with Crippen molar-refractivity contribution in [1.82, 2.24) is 20.0 Å². The van der Waals surface area contributed by atoms with Gasteiger partial charge in [0, 0.05) is 23.9 Å². The van der Waals surface area contributed by atoms with Crippen LogP contribution in [-0.2, 0) is 10.3 Å². The lowest BCUT2D eigenvalue weighted by Gasteiger charge is -2.43. The molecule has 4 aromatic rings. The predicted octanol–water partition coefficient (Wildman–Crippen LogP) is 6.71. The highest BCUT2D eigenvalue weighted by Crippen LogP contribution is 2.42. The Labute approximate surface area is 235 Å². The highest BCUT2D eigenvalue weighted by Gasteiger charge is 2.41. The molecule has 2 saturated carbocycles. The van der Waals surface area contributed by atoms with Crippen LogP contribution in [0.4, 0.5) is 4.79 Å². The second-order valence-corrected chi connectivity index (χ2v) is 12.1. The van der Waals surface area contributed by atoms with E-state index >= 15 is 0 Å². The summed E-state index contributed by atoms with van der Waals surface area (Å²) < 4.78 is 7.56. The highest BCUT2D eigenvalue weighted by molar-refractivity contribution is 5.94. The van der Waals surface area contributed by atoms with Crippen LogP contribution in [0.5, 0.6) is 0 Å². The molecular weight excluding hydrogens is 500 g/mol. The van der Waals surface area contributed by atoms with E-state index in [9.17, 15) is 9.59 Å². The van der Waals surface area contributed by atoms with Gasteiger partial charge in [-0.1, -0.05) is 54.6 Å². The minimum atomic E-state index is -0.548. The van der Waals surface area contributed by atoms with Crippen molar-refractivity contribution >= 4 is 17.6 Å². The molecule has 2 amide bonds. The molecule has 40 heavy (non-hydrogen) atoms. The van der Waals surface area contributed by atoms with Crippen LogP contribution >= 0.6 is 0 Å². The second kappa shape index (κ2) is 10.1. The fourth-order valence-corrected chi connectivity index (χ4v) is 5.38. The van der Waals surface area contributed by atoms with Crippen molar-refractivity contribution < 1.29 is 14.3 Å². The molecule has 7 nitrogen and oxygen atoms in total. The van der Waals surface area contributed by atoms with Crippen LogP contribution in [0.25, 0.3) is 28.2 Å². The molecule has 0 unspecified atom stereocenters. The lowest BCUT2D eigenvalue weighted by Crippen LogP contribution is -2.52. The first-order chi connectivity index (χ1) is 19.2. The number of hydrogen-bond donors (Lipinski definition) is 2. The Morgan fingerprint density at radius 3 is 2.33 bits per heavy atom. The number of carbonyl (C=O) groups is 2. The molecule has 2 aliphatic carbocycles. The number of carbonyl (C=O) groups excluding carboxylic acids is 2. The van der Waals surface area contributed by atoms with Crippen LogP contribution < -0.4 is 10.6 Å². The Balaban J connectivity index is 1.34. The molecule has 2 N–H and O–H groups in total. The third kappa shape index (κ3) is 5.33. The Morgan fingerprint density at radius 1 is 0.975 bits per heavy atom. The number of pyridine rings is 1. The number of amides is 2. The van der Waals surface area contributed by atoms with Gasteiger partial charge in [0.15, 0.2) is 0 Å². The summed E-state index contributed by atoms with van der Waals surface area (Å²) in [7, 11) is 0. The van der Waals surface area contributed by atoms with Crippen LogP contribution in [0.15, 0.2) is 72.9 Å². The maximum atomic E-state index is 12.9. The SMILES string of the molecule is CC(C)(C)OC(=O)NC1(c2ccc(-c3nc4ccc(C(=O)NCC5CC5)cn4c3-c3ccccc3)cc2)CCC1. The summed E-state index contributed by atoms with van der Waals surface area (Å²) in [6.45, 7) is 6.35. The van der Waals surface area contributed by atoms with Gasteiger partial charge in [0.25, 0.3) is 5.91 Å². The fraction of sp³-hybridized carbons (Fsp3) is 0.364. The highest BCUT2D eigenvalue weighted by atomic mass is 16.6. The third-order valence-electron chi connectivity index (χ3n) is 7.83. The largest absolute Gasteiger partial charge is 0.444 e. The van der Waals surface area contributed by atoms with Gasteiger partial charge < -0.3 is 15.4 Å². The van der Waals surface area contributed by atoms with Crippen molar-refractivity contribution in [3.63, 3.8) is 0 Å². The van der Waals surface area contributed by atoms with E-state index in [-0.39, 0.29) is 12.0 Å². The molecule has 206 valence electrons. The standard InChI is InChI=1S/C33H36N4O3/c1-32(2,3)40-31(39)36-33(18-7-19-33)26-15-12-23(13-16-26)28-29(24-8-5-4-6-9-24)37-21-25(14-17-27(37)35-28)30(38)34-20-22-10-11-22/h4-6,8-9,12-17,21-22H,7,10-11,18-20H2,1-3H3,(H,34,38)(H,36,39). The van der Waals surface area contributed by atoms with Crippen molar-refractivity contribution in [2.24, 2.45) is 5.92 Å². The minimum Gasteiger partial charge on any atom is -0.444 e. The van der Waals surface area contributed by atoms with Crippen LogP contribution in [0, 0.1) is 5.92 Å². The molecular formula is C33H36N4O3. The van der Waals surface area contributed by atoms with E-state index in [1.54, 1.807) is 0 Å². The van der Waals surface area contributed by atoms with E-state index in [1.165, 1.54) is 12.8 Å². The molecule has 0 bridgehead atoms. The summed E-state index contributed by atoms with van der Waals surface area (Å²) in [5, 5.41) is 6.21. The van der Waals surface area contributed by atoms with E-state index in [1.807, 2.05) is 61.7 Å². The van der Waals surface area contributed by atoms with Crippen LogP contribution in [0.1, 0.15) is 68.8 Å². The Bertz CT molecular complexity index is 1540. The van der Waals surface area contributed by atoms with Gasteiger partial charge in [-0.3, -0.25) is 9.20 Å². The molecule has 0 radical (unpaired) electrons. The van der Waals surface area contributed by atoms with Crippen LogP contribution in [0.3, 0.4) is 0 Å². The number of fused-ring (bicyclic) bond motifs is 1. The van der Waals surface area contributed by atoms with Gasteiger partial charge in [0.2, 0.25) is 0 Å². The van der Waals surface area contributed by atoms with Gasteiger partial charge in [0.1, 0.15) is 11.2 Å². The number of nitrogens with one attached hydrogen (secondary N) is 2. The molecule has 2 aromatic carbocycles. The number of benzene rings is 2. The average molecular weight is 537 g/mol. The van der Waals surface area contributed by atoms with Crippen molar-refractivity contribution in [3.05, 3.63) is 84.1 Å². The van der Waals surface area contributed by atoms with Crippen molar-refractivity contribution in [2.75, 3.05) is 6.54 Å². The average Bonchev–Trinajstić information content (AvgIpc) is 3.67. The molecule has 7 heteroatoms. The van der Waals surface area contributed by atoms with E-state index in [4.69, 9.17) is 9.72 Å². The van der Waals surface area contributed by atoms with Gasteiger partial charge in [-0.25, -0.2) is 9.78 Å². The van der Waals surface area contributed by atoms with Gasteiger partial charge in [-0.2, -0.15) is 0 Å². The number of imidazole rings is 1. The van der Waals surface area contributed by atoms with E-state index < -0.39 is 11.1 Å². The first-order valence-electron chi connectivity index (χ1n) is 14.2. The lowest BCUT2D eigenvalue weighted by atomic mass is 9.71. The number of alkyl carbamates (subject to hydrolysis) is 1. The van der Waals surface area contributed by atoms with E-state index in [0.717, 1.165) is 59.5 Å². The van der Waals surface area contributed by atoms with Crippen LogP contribution in [0.2, 0.25) is 0 Å². The summed E-state index contributed by atoms with van der Waals surface area (Å²) in [6.07, 6.45) is 6.69. The summed E-state index contributed by atoms with van der Waals surface area (Å²) in [4.78, 5) is 30.5. The Kier molecular flexibility index (Phi) is 6.61. The maximum Gasteiger partial charge on any atom is 0.408 e. The Morgan fingerprint density at radius 2 is 1.70 bits per heavy atom. The molecule has 2 aromatic heterocycles. The lowest BCUT2D eigenvalue weighted by molar-refractivity contribution is 0.0377. The molecule has 0 atom stereocenters. The van der Waals surface area contributed by atoms with Crippen LogP contribution in [-0.4, -0.2) is 33.5 Å². The zero-order chi connectivity index (χ0) is 27.9. The maximum absolute atomic E-state index is 12.9. The minimum absolute atomic E-state index is 0.0595. The Hall–Kier alpha value is -4.13. The van der Waals surface area contributed by atoms with Crippen molar-refractivity contribution in [2.45, 2.75) is 64.0 Å². The summed E-state index contributed by atoms with van der Waals surface area (Å²) >= 11 is 0. The molecule has 0 spiro atoms. The topological polar surface area (TPSA) is 84.7 Å². The number of nitrogens with zero attached hydrogens (tertiary/aromatic N) is 2. The smallest absolute Gasteiger partial charge is 0.408 e. The summed E-state index contributed by atoms with van der Waals surface area (Å²) in [5.74, 6) is 0.560. The molecule has 0 saturated heterocycles. The van der Waals surface area contributed by atoms with Gasteiger partial charge in [-0.15, -0.1) is 0 Å². The molecule has 6 rings (SSSR count). The normalized spacial score (nSPS) is 16.3. The number of ether oxygens (including phenoxy) is 1. The van der Waals surface area contributed by atoms with Gasteiger partial charge in [0.05, 0.1) is 22.5 Å². The van der Waals surface area contributed by atoms with E-state index in [2.05, 4.69) is 47.0 Å². The zero-order valence-corrected chi connectivity index (χ0v) is 23.4. The van der Waals surface area contributed by atoms with Gasteiger partial charge >= 0.3 is 6.09 Å². The monoisotopic (exact) mass is 536 g/mol. The number of aromatic nitrogens is 2. The zero-order valence-electron chi connectivity index (χ0n) is 23.4. The molecule has 0 aliphatic heterocycles. The number of rotatable bonds is 7. The van der Waals surface area contributed by atoms with Crippen molar-refractivity contribution in [1.29, 1.82) is 0 Å². The quantitative estimate of drug-likeness (QED) is 0.275. The first kappa shape index (κ1) is 26.1. The third-order valence-corrected chi connectivity index (χ3v) is 7.83. The molecule has 2 heterocycles. The fourth-order valence-electron chi connectivity index (χ4n) is 5.38. The van der Waals surface area contributed by atoms with Crippen molar-refractivity contribution in [3.8, 4) is 22.5 Å². The number of hydrogen-bond acceptors (Lipinski definition) is 4. The van der Waals surface area contributed by atoms with Gasteiger partial charge in [-0.05, 0) is 76.5 Å². The second-order valence-electron chi connectivity index (χ2n) is 12.1. The first-order valence-corrected chi connectivity index (χ1v) is 14.2. The summed E-state index contributed by atoms with van der Waals surface area (Å²) in [6, 6.07) is 22.2. The summed E-state index contributed by atoms with van der Waals surface area (Å²) in [5.41, 5.74) is 5.26. The predicted molar refractivity (Wildman–Crippen MR) is 156 cm³/mol. The molecule has 2 fully saturated rings. The van der Waals surface area contributed by atoms with E-state index in [0.29, 0.717) is 11.5 Å².